The van der Waals surface area contributed by atoms with Gasteiger partial charge in [-0.1, -0.05) is 97.8 Å². The molecule has 26 heavy (non-hydrogen) atoms. The molecule has 0 heterocycles. The van der Waals surface area contributed by atoms with E-state index < -0.39 is 7.12 Å². The van der Waals surface area contributed by atoms with E-state index >= 15 is 0 Å². The summed E-state index contributed by atoms with van der Waals surface area (Å²) < 4.78 is 0. The summed E-state index contributed by atoms with van der Waals surface area (Å²) in [5.74, 6) is 0.710. The van der Waals surface area contributed by atoms with Crippen LogP contribution in [0.3, 0.4) is 0 Å². The van der Waals surface area contributed by atoms with Crippen molar-refractivity contribution in [3.05, 3.63) is 89.5 Å². The van der Waals surface area contributed by atoms with Crippen molar-refractivity contribution >= 4 is 12.6 Å². The highest BCUT2D eigenvalue weighted by molar-refractivity contribution is 6.58. The maximum atomic E-state index is 8.67. The second-order valence-electron chi connectivity index (χ2n) is 6.78. The van der Waals surface area contributed by atoms with Crippen LogP contribution in [0.4, 0.5) is 0 Å². The molecular weight excluding hydrogens is 319 g/mol. The average Bonchev–Trinajstić information content (AvgIpc) is 2.64. The van der Waals surface area contributed by atoms with Crippen LogP contribution in [0.2, 0.25) is 0 Å². The highest BCUT2D eigenvalue weighted by Crippen LogP contribution is 2.16. The van der Waals surface area contributed by atoms with Gasteiger partial charge in [-0.15, -0.1) is 0 Å². The molecule has 2 aromatic rings. The minimum atomic E-state index is -1.35. The van der Waals surface area contributed by atoms with Gasteiger partial charge in [0.05, 0.1) is 0 Å². The van der Waals surface area contributed by atoms with Crippen LogP contribution in [0.25, 0.3) is 0 Å². The second-order valence-corrected chi connectivity index (χ2v) is 6.78. The van der Waals surface area contributed by atoms with Gasteiger partial charge in [0.25, 0.3) is 0 Å². The third kappa shape index (κ3) is 9.40. The Bertz CT molecular complexity index is 671. The quantitative estimate of drug-likeness (QED) is 0.778. The number of hydrogen-bond acceptors (Lipinski definition) is 2. The van der Waals surface area contributed by atoms with Crippen LogP contribution in [-0.4, -0.2) is 17.2 Å². The van der Waals surface area contributed by atoms with Crippen molar-refractivity contribution in [2.24, 2.45) is 5.92 Å². The standard InChI is InChI=1S/C9H14.C7H9BO2.C7H8/c1-8(2)9-6-4-3-5-7-9;1-6-2-4-7(5-3-6)8(9)10;1-7-5-3-2-4-6-7/h4,6-8H,3,5H2,1-2H3;2-5,9-10H,1H3;2-6H,1H3. The fraction of sp³-hybridized carbons (Fsp3) is 0.304. The Morgan fingerprint density at radius 3 is 1.73 bits per heavy atom. The lowest BCUT2D eigenvalue weighted by Gasteiger charge is -2.08. The van der Waals surface area contributed by atoms with Crippen LogP contribution in [0.5, 0.6) is 0 Å². The smallest absolute Gasteiger partial charge is 0.423 e. The van der Waals surface area contributed by atoms with Crippen molar-refractivity contribution in [1.82, 2.24) is 0 Å². The first kappa shape index (κ1) is 21.9. The summed E-state index contributed by atoms with van der Waals surface area (Å²) in [6.45, 7) is 8.51. The number of hydrogen-bond donors (Lipinski definition) is 2. The molecular formula is C23H31BO2. The monoisotopic (exact) mass is 350 g/mol. The van der Waals surface area contributed by atoms with E-state index in [2.05, 4.69) is 51.1 Å². The van der Waals surface area contributed by atoms with E-state index in [-0.39, 0.29) is 0 Å². The first-order valence-electron chi connectivity index (χ1n) is 9.21. The lowest BCUT2D eigenvalue weighted by Crippen LogP contribution is -2.29. The predicted molar refractivity (Wildman–Crippen MR) is 113 cm³/mol. The Kier molecular flexibility index (Phi) is 10.4. The fourth-order valence-corrected chi connectivity index (χ4v) is 2.33. The summed E-state index contributed by atoms with van der Waals surface area (Å²) in [6, 6.07) is 17.3. The zero-order valence-electron chi connectivity index (χ0n) is 16.4. The molecule has 0 spiro atoms. The molecule has 3 heteroatoms. The summed E-state index contributed by atoms with van der Waals surface area (Å²) in [6.07, 6.45) is 9.31. The molecule has 0 aliphatic heterocycles. The molecule has 0 unspecified atom stereocenters. The number of rotatable bonds is 2. The molecule has 0 fully saturated rings. The van der Waals surface area contributed by atoms with Crippen molar-refractivity contribution < 1.29 is 10.0 Å². The van der Waals surface area contributed by atoms with E-state index in [1.165, 1.54) is 24.0 Å². The van der Waals surface area contributed by atoms with Crippen LogP contribution in [0, 0.1) is 19.8 Å². The zero-order chi connectivity index (χ0) is 19.4. The van der Waals surface area contributed by atoms with Crippen molar-refractivity contribution in [1.29, 1.82) is 0 Å². The highest BCUT2D eigenvalue weighted by Gasteiger charge is 2.08. The number of benzene rings is 2. The van der Waals surface area contributed by atoms with Crippen LogP contribution in [-0.2, 0) is 0 Å². The van der Waals surface area contributed by atoms with E-state index in [1.807, 2.05) is 37.3 Å². The Morgan fingerprint density at radius 1 is 0.808 bits per heavy atom. The van der Waals surface area contributed by atoms with Crippen molar-refractivity contribution in [2.75, 3.05) is 0 Å². The summed E-state index contributed by atoms with van der Waals surface area (Å²) in [5.41, 5.74) is 4.47. The normalized spacial score (nSPS) is 12.3. The van der Waals surface area contributed by atoms with Crippen molar-refractivity contribution in [3.8, 4) is 0 Å². The molecule has 0 aromatic heterocycles. The first-order chi connectivity index (χ1) is 12.4. The SMILES string of the molecule is CC(C)C1=CCCC=C1.Cc1ccc(B(O)O)cc1.Cc1ccccc1. The van der Waals surface area contributed by atoms with Gasteiger partial charge in [-0.05, 0) is 43.6 Å². The summed E-state index contributed by atoms with van der Waals surface area (Å²) in [5, 5.41) is 17.3. The van der Waals surface area contributed by atoms with E-state index in [4.69, 9.17) is 10.0 Å². The van der Waals surface area contributed by atoms with Gasteiger partial charge in [-0.2, -0.15) is 0 Å². The van der Waals surface area contributed by atoms with Gasteiger partial charge in [0, 0.05) is 0 Å². The van der Waals surface area contributed by atoms with Gasteiger partial charge in [0.1, 0.15) is 0 Å². The summed E-state index contributed by atoms with van der Waals surface area (Å²) in [4.78, 5) is 0. The van der Waals surface area contributed by atoms with Crippen LogP contribution in [0.1, 0.15) is 37.8 Å². The molecule has 138 valence electrons. The van der Waals surface area contributed by atoms with Crippen LogP contribution >= 0.6 is 0 Å². The minimum absolute atomic E-state index is 0.533. The van der Waals surface area contributed by atoms with E-state index in [9.17, 15) is 0 Å². The van der Waals surface area contributed by atoms with Crippen LogP contribution < -0.4 is 5.46 Å². The molecule has 1 aliphatic carbocycles. The van der Waals surface area contributed by atoms with Crippen molar-refractivity contribution in [3.63, 3.8) is 0 Å². The largest absolute Gasteiger partial charge is 0.488 e. The Labute approximate surface area is 159 Å². The molecule has 2 N–H and O–H groups in total. The van der Waals surface area contributed by atoms with Gasteiger partial charge < -0.3 is 10.0 Å². The molecule has 0 saturated carbocycles. The lowest BCUT2D eigenvalue weighted by molar-refractivity contribution is 0.426. The van der Waals surface area contributed by atoms with E-state index in [0.717, 1.165) is 5.56 Å². The second kappa shape index (κ2) is 12.3. The maximum Gasteiger partial charge on any atom is 0.488 e. The molecule has 0 atom stereocenters. The Balaban J connectivity index is 0.000000198. The summed E-state index contributed by atoms with van der Waals surface area (Å²) >= 11 is 0. The molecule has 0 saturated heterocycles. The zero-order valence-corrected chi connectivity index (χ0v) is 16.4. The average molecular weight is 350 g/mol. The summed E-state index contributed by atoms with van der Waals surface area (Å²) in [7, 11) is -1.35. The number of allylic oxidation sites excluding steroid dienone is 4. The predicted octanol–water partition coefficient (Wildman–Crippen LogP) is 4.59. The number of aryl methyl sites for hydroxylation is 2. The van der Waals surface area contributed by atoms with Gasteiger partial charge >= 0.3 is 7.12 Å². The fourth-order valence-electron chi connectivity index (χ4n) is 2.33. The molecule has 0 radical (unpaired) electrons. The molecule has 0 amide bonds. The minimum Gasteiger partial charge on any atom is -0.423 e. The van der Waals surface area contributed by atoms with Gasteiger partial charge in [0.15, 0.2) is 0 Å². The molecule has 0 bridgehead atoms. The van der Waals surface area contributed by atoms with Crippen molar-refractivity contribution in [2.45, 2.75) is 40.5 Å². The van der Waals surface area contributed by atoms with E-state index in [1.54, 1.807) is 12.1 Å². The third-order valence-electron chi connectivity index (χ3n) is 4.01. The highest BCUT2D eigenvalue weighted by atomic mass is 16.4. The van der Waals surface area contributed by atoms with Crippen LogP contribution in [0.15, 0.2) is 78.4 Å². The van der Waals surface area contributed by atoms with Gasteiger partial charge in [-0.3, -0.25) is 0 Å². The first-order valence-corrected chi connectivity index (χ1v) is 9.21. The molecule has 1 aliphatic rings. The Hall–Kier alpha value is -2.10. The lowest BCUT2D eigenvalue weighted by atomic mass is 9.80. The molecule has 2 nitrogen and oxygen atoms in total. The Morgan fingerprint density at radius 2 is 1.38 bits per heavy atom. The molecule has 3 rings (SSSR count). The topological polar surface area (TPSA) is 40.5 Å². The molecule has 2 aromatic carbocycles. The maximum absolute atomic E-state index is 8.67. The van der Waals surface area contributed by atoms with Gasteiger partial charge in [0.2, 0.25) is 0 Å². The van der Waals surface area contributed by atoms with E-state index in [0.29, 0.717) is 11.4 Å². The third-order valence-corrected chi connectivity index (χ3v) is 4.01. The van der Waals surface area contributed by atoms with Gasteiger partial charge in [-0.25, -0.2) is 0 Å².